The highest BCUT2D eigenvalue weighted by Gasteiger charge is 2.32. The lowest BCUT2D eigenvalue weighted by molar-refractivity contribution is -0.109. The van der Waals surface area contributed by atoms with E-state index < -0.39 is 5.60 Å². The zero-order valence-corrected chi connectivity index (χ0v) is 11.9. The van der Waals surface area contributed by atoms with Gasteiger partial charge in [0.15, 0.2) is 0 Å². The van der Waals surface area contributed by atoms with Crippen molar-refractivity contribution in [2.24, 2.45) is 5.92 Å². The normalized spacial score (nSPS) is 18.4. The first-order valence-corrected chi connectivity index (χ1v) is 6.74. The molecule has 0 aliphatic heterocycles. The van der Waals surface area contributed by atoms with Crippen LogP contribution < -0.4 is 0 Å². The number of carbonyl (C=O) groups is 2. The van der Waals surface area contributed by atoms with Crippen LogP contribution in [-0.4, -0.2) is 36.0 Å². The number of rotatable bonds is 4. The van der Waals surface area contributed by atoms with Gasteiger partial charge >= 0.3 is 6.09 Å². The van der Waals surface area contributed by atoms with Crippen LogP contribution in [0.3, 0.4) is 0 Å². The maximum absolute atomic E-state index is 12.0. The van der Waals surface area contributed by atoms with Gasteiger partial charge in [0.05, 0.1) is 0 Å². The van der Waals surface area contributed by atoms with E-state index in [1.54, 1.807) is 11.9 Å². The second-order valence-corrected chi connectivity index (χ2v) is 6.11. The molecule has 1 atom stereocenters. The van der Waals surface area contributed by atoms with E-state index >= 15 is 0 Å². The van der Waals surface area contributed by atoms with Crippen molar-refractivity contribution < 1.29 is 14.3 Å². The molecule has 1 amide bonds. The maximum Gasteiger partial charge on any atom is 0.410 e. The van der Waals surface area contributed by atoms with Gasteiger partial charge in [-0.25, -0.2) is 4.79 Å². The summed E-state index contributed by atoms with van der Waals surface area (Å²) in [5, 5.41) is 0. The molecule has 1 unspecified atom stereocenters. The lowest BCUT2D eigenvalue weighted by atomic mass is 9.95. The van der Waals surface area contributed by atoms with Crippen molar-refractivity contribution in [2.45, 2.75) is 64.5 Å². The lowest BCUT2D eigenvalue weighted by Gasteiger charge is -2.33. The number of amides is 1. The number of carbonyl (C=O) groups excluding carboxylic acids is 2. The zero-order valence-electron chi connectivity index (χ0n) is 11.9. The highest BCUT2D eigenvalue weighted by Crippen LogP contribution is 2.31. The van der Waals surface area contributed by atoms with Crippen LogP contribution in [0.5, 0.6) is 0 Å². The summed E-state index contributed by atoms with van der Waals surface area (Å²) >= 11 is 0. The number of hydrogen-bond acceptors (Lipinski definition) is 3. The summed E-state index contributed by atoms with van der Waals surface area (Å²) in [5.41, 5.74) is -0.493. The summed E-state index contributed by atoms with van der Waals surface area (Å²) in [4.78, 5) is 24.4. The minimum atomic E-state index is -0.493. The molecular weight excluding hydrogens is 230 g/mol. The van der Waals surface area contributed by atoms with E-state index in [2.05, 4.69) is 0 Å². The molecule has 4 nitrogen and oxygen atoms in total. The molecule has 0 saturated heterocycles. The smallest absolute Gasteiger partial charge is 0.410 e. The van der Waals surface area contributed by atoms with Gasteiger partial charge in [0.25, 0.3) is 0 Å². The summed E-state index contributed by atoms with van der Waals surface area (Å²) in [7, 11) is 1.74. The molecule has 4 heteroatoms. The average Bonchev–Trinajstić information content (AvgIpc) is 2.75. The quantitative estimate of drug-likeness (QED) is 0.725. The first kappa shape index (κ1) is 15.0. The van der Waals surface area contributed by atoms with Crippen molar-refractivity contribution in [1.82, 2.24) is 4.90 Å². The van der Waals surface area contributed by atoms with Crippen LogP contribution in [0, 0.1) is 5.92 Å². The standard InChI is InChI=1S/C14H25NO3/c1-14(2,3)18-13(17)15(4)12(9-10-16)11-7-5-6-8-11/h10-12H,5-9H2,1-4H3. The number of ether oxygens (including phenoxy) is 1. The van der Waals surface area contributed by atoms with Crippen LogP contribution in [0.4, 0.5) is 4.79 Å². The van der Waals surface area contributed by atoms with E-state index in [1.165, 1.54) is 12.8 Å². The Hall–Kier alpha value is -1.06. The molecule has 18 heavy (non-hydrogen) atoms. The summed E-state index contributed by atoms with van der Waals surface area (Å²) in [6.07, 6.45) is 5.58. The van der Waals surface area contributed by atoms with Crippen LogP contribution in [0.2, 0.25) is 0 Å². The van der Waals surface area contributed by atoms with Gasteiger partial charge in [-0.15, -0.1) is 0 Å². The minimum absolute atomic E-state index is 0.0140. The molecule has 1 aliphatic rings. The Morgan fingerprint density at radius 3 is 2.39 bits per heavy atom. The first-order chi connectivity index (χ1) is 8.35. The highest BCUT2D eigenvalue weighted by atomic mass is 16.6. The summed E-state index contributed by atoms with van der Waals surface area (Å²) in [6.45, 7) is 5.55. The second-order valence-electron chi connectivity index (χ2n) is 6.11. The van der Waals surface area contributed by atoms with Crippen molar-refractivity contribution in [3.8, 4) is 0 Å². The molecule has 0 aromatic heterocycles. The topological polar surface area (TPSA) is 46.6 Å². The fourth-order valence-electron chi connectivity index (χ4n) is 2.58. The molecule has 0 radical (unpaired) electrons. The predicted octanol–water partition coefficient (Wildman–Crippen LogP) is 3.00. The largest absolute Gasteiger partial charge is 0.444 e. The Bertz CT molecular complexity index is 290. The van der Waals surface area contributed by atoms with Crippen LogP contribution in [0.25, 0.3) is 0 Å². The van der Waals surface area contributed by atoms with Gasteiger partial charge in [-0.05, 0) is 39.5 Å². The minimum Gasteiger partial charge on any atom is -0.444 e. The molecule has 0 bridgehead atoms. The van der Waals surface area contributed by atoms with E-state index in [4.69, 9.17) is 4.74 Å². The highest BCUT2D eigenvalue weighted by molar-refractivity contribution is 5.69. The van der Waals surface area contributed by atoms with Crippen LogP contribution in [0.1, 0.15) is 52.9 Å². The molecule has 0 spiro atoms. The first-order valence-electron chi connectivity index (χ1n) is 6.74. The molecule has 1 aliphatic carbocycles. The van der Waals surface area contributed by atoms with E-state index in [0.29, 0.717) is 12.3 Å². The summed E-state index contributed by atoms with van der Waals surface area (Å²) in [5.74, 6) is 0.438. The molecule has 104 valence electrons. The SMILES string of the molecule is CN(C(=O)OC(C)(C)C)C(CC=O)C1CCCC1. The van der Waals surface area contributed by atoms with Gasteiger partial charge in [0.2, 0.25) is 0 Å². The van der Waals surface area contributed by atoms with Gasteiger partial charge in [-0.3, -0.25) is 0 Å². The summed E-state index contributed by atoms with van der Waals surface area (Å²) < 4.78 is 5.36. The fraction of sp³-hybridized carbons (Fsp3) is 0.857. The van der Waals surface area contributed by atoms with E-state index in [-0.39, 0.29) is 12.1 Å². The Kier molecular flexibility index (Phi) is 5.17. The molecule has 0 aromatic carbocycles. The predicted molar refractivity (Wildman–Crippen MR) is 70.4 cm³/mol. The van der Waals surface area contributed by atoms with Gasteiger partial charge in [0, 0.05) is 19.5 Å². The molecular formula is C14H25NO3. The van der Waals surface area contributed by atoms with Crippen LogP contribution >= 0.6 is 0 Å². The molecule has 0 heterocycles. The number of nitrogens with zero attached hydrogens (tertiary/aromatic N) is 1. The van der Waals surface area contributed by atoms with E-state index in [0.717, 1.165) is 19.1 Å². The fourth-order valence-corrected chi connectivity index (χ4v) is 2.58. The molecule has 1 fully saturated rings. The third-order valence-corrected chi connectivity index (χ3v) is 3.46. The molecule has 0 aromatic rings. The van der Waals surface area contributed by atoms with E-state index in [9.17, 15) is 9.59 Å². The van der Waals surface area contributed by atoms with Crippen molar-refractivity contribution >= 4 is 12.4 Å². The number of aldehydes is 1. The van der Waals surface area contributed by atoms with Crippen molar-refractivity contribution in [2.75, 3.05) is 7.05 Å². The van der Waals surface area contributed by atoms with E-state index in [1.807, 2.05) is 20.8 Å². The van der Waals surface area contributed by atoms with Crippen LogP contribution in [-0.2, 0) is 9.53 Å². The van der Waals surface area contributed by atoms with Crippen molar-refractivity contribution in [3.05, 3.63) is 0 Å². The van der Waals surface area contributed by atoms with Crippen molar-refractivity contribution in [1.29, 1.82) is 0 Å². The second kappa shape index (κ2) is 6.21. The molecule has 1 saturated carbocycles. The Labute approximate surface area is 110 Å². The maximum atomic E-state index is 12.0. The van der Waals surface area contributed by atoms with Crippen molar-refractivity contribution in [3.63, 3.8) is 0 Å². The molecule has 0 N–H and O–H groups in total. The van der Waals surface area contributed by atoms with Gasteiger partial charge in [-0.2, -0.15) is 0 Å². The monoisotopic (exact) mass is 255 g/mol. The van der Waals surface area contributed by atoms with Crippen LogP contribution in [0.15, 0.2) is 0 Å². The lowest BCUT2D eigenvalue weighted by Crippen LogP contribution is -2.44. The zero-order chi connectivity index (χ0) is 13.8. The average molecular weight is 255 g/mol. The third kappa shape index (κ3) is 4.31. The van der Waals surface area contributed by atoms with Gasteiger partial charge < -0.3 is 14.4 Å². The van der Waals surface area contributed by atoms with Gasteiger partial charge in [-0.1, -0.05) is 12.8 Å². The number of hydrogen-bond donors (Lipinski definition) is 0. The summed E-state index contributed by atoms with van der Waals surface area (Å²) in [6, 6.07) is -0.0140. The Morgan fingerprint density at radius 2 is 1.94 bits per heavy atom. The third-order valence-electron chi connectivity index (χ3n) is 3.46. The Balaban J connectivity index is 2.66. The Morgan fingerprint density at radius 1 is 1.39 bits per heavy atom. The molecule has 1 rings (SSSR count). The van der Waals surface area contributed by atoms with Gasteiger partial charge in [0.1, 0.15) is 11.9 Å².